The van der Waals surface area contributed by atoms with Crippen LogP contribution in [0.3, 0.4) is 0 Å². The largest absolute Gasteiger partial charge is 0.384 e. The lowest BCUT2D eigenvalue weighted by Crippen LogP contribution is -2.45. The molecule has 5 rings (SSSR count). The van der Waals surface area contributed by atoms with Gasteiger partial charge >= 0.3 is 0 Å². The summed E-state index contributed by atoms with van der Waals surface area (Å²) in [7, 11) is 2.18. The van der Waals surface area contributed by atoms with Gasteiger partial charge in [0.15, 0.2) is 0 Å². The van der Waals surface area contributed by atoms with Crippen LogP contribution in [0.25, 0.3) is 16.7 Å². The maximum absolute atomic E-state index is 11.9. The number of para-hydroxylation sites is 1. The molecule has 9 heteroatoms. The lowest BCUT2D eigenvalue weighted by molar-refractivity contribution is 0.100. The zero-order chi connectivity index (χ0) is 24.2. The number of primary amides is 1. The Bertz CT molecular complexity index is 1310. The topological polar surface area (TPSA) is 104 Å². The van der Waals surface area contributed by atoms with Gasteiger partial charge in [-0.05, 0) is 43.4 Å². The quantitative estimate of drug-likeness (QED) is 0.364. The molecule has 0 atom stereocenters. The Morgan fingerprint density at radius 2 is 1.74 bits per heavy atom. The first kappa shape index (κ1) is 22.8. The summed E-state index contributed by atoms with van der Waals surface area (Å²) >= 11 is 0. The molecule has 0 spiro atoms. The SMILES string of the molecule is CN1CCN(CCNc2ccc(Nc3nccc(-n4cc(C(N)=O)c5ccccc54)n3)cc2)CC1. The number of carbonyl (C=O) groups is 1. The second-order valence-electron chi connectivity index (χ2n) is 8.81. The summed E-state index contributed by atoms with van der Waals surface area (Å²) < 4.78 is 1.86. The van der Waals surface area contributed by atoms with Crippen molar-refractivity contribution in [3.05, 3.63) is 72.6 Å². The van der Waals surface area contributed by atoms with Crippen LogP contribution in [0.2, 0.25) is 0 Å². The molecule has 1 fully saturated rings. The van der Waals surface area contributed by atoms with Crippen molar-refractivity contribution in [2.45, 2.75) is 0 Å². The number of hydrogen-bond acceptors (Lipinski definition) is 7. The molecule has 2 aromatic heterocycles. The second kappa shape index (κ2) is 10.1. The van der Waals surface area contributed by atoms with Gasteiger partial charge in [0.05, 0.1) is 11.1 Å². The third-order valence-electron chi connectivity index (χ3n) is 6.36. The number of nitrogens with zero attached hydrogens (tertiary/aromatic N) is 5. The van der Waals surface area contributed by atoms with E-state index in [2.05, 4.69) is 49.6 Å². The van der Waals surface area contributed by atoms with Crippen LogP contribution < -0.4 is 16.4 Å². The summed E-state index contributed by atoms with van der Waals surface area (Å²) in [5.41, 5.74) is 8.88. The standard InChI is InChI=1S/C26H30N8O/c1-32-14-16-33(17-15-32)13-12-28-19-6-8-20(9-7-19)30-26-29-11-10-24(31-26)34-18-22(25(27)35)21-4-2-3-5-23(21)34/h2-11,18,28H,12-17H2,1H3,(H2,27,35)(H,29,30,31). The van der Waals surface area contributed by atoms with E-state index in [1.807, 2.05) is 41.0 Å². The highest BCUT2D eigenvalue weighted by atomic mass is 16.1. The van der Waals surface area contributed by atoms with Crippen LogP contribution in [-0.4, -0.2) is 76.6 Å². The van der Waals surface area contributed by atoms with E-state index in [-0.39, 0.29) is 0 Å². The summed E-state index contributed by atoms with van der Waals surface area (Å²) in [5.74, 6) is 0.648. The number of nitrogens with two attached hydrogens (primary N) is 1. The number of amides is 1. The van der Waals surface area contributed by atoms with Crippen LogP contribution in [0.1, 0.15) is 10.4 Å². The first-order valence-electron chi connectivity index (χ1n) is 11.8. The molecule has 35 heavy (non-hydrogen) atoms. The zero-order valence-corrected chi connectivity index (χ0v) is 19.8. The van der Waals surface area contributed by atoms with E-state index in [4.69, 9.17) is 5.73 Å². The fraction of sp³-hybridized carbons (Fsp3) is 0.269. The average molecular weight is 471 g/mol. The lowest BCUT2D eigenvalue weighted by atomic mass is 10.2. The van der Waals surface area contributed by atoms with Gasteiger partial charge in [-0.25, -0.2) is 4.98 Å². The Kier molecular flexibility index (Phi) is 6.60. The maximum atomic E-state index is 11.9. The van der Waals surface area contributed by atoms with Gasteiger partial charge < -0.3 is 25.8 Å². The highest BCUT2D eigenvalue weighted by Gasteiger charge is 2.15. The Balaban J connectivity index is 1.24. The van der Waals surface area contributed by atoms with Gasteiger partial charge in [-0.15, -0.1) is 0 Å². The number of piperazine rings is 1. The molecule has 3 heterocycles. The molecule has 2 aromatic carbocycles. The van der Waals surface area contributed by atoms with Crippen LogP contribution in [0.5, 0.6) is 0 Å². The third kappa shape index (κ3) is 5.26. The van der Waals surface area contributed by atoms with Crippen LogP contribution in [-0.2, 0) is 0 Å². The minimum absolute atomic E-state index is 0.462. The average Bonchev–Trinajstić information content (AvgIpc) is 3.27. The van der Waals surface area contributed by atoms with Gasteiger partial charge in [-0.3, -0.25) is 9.69 Å². The van der Waals surface area contributed by atoms with E-state index in [1.165, 1.54) is 0 Å². The molecule has 0 bridgehead atoms. The number of carbonyl (C=O) groups excluding carboxylic acids is 1. The molecule has 1 amide bonds. The fourth-order valence-corrected chi connectivity index (χ4v) is 4.34. The first-order valence-corrected chi connectivity index (χ1v) is 11.8. The van der Waals surface area contributed by atoms with Gasteiger partial charge in [0.2, 0.25) is 5.95 Å². The number of likely N-dealkylation sites (N-methyl/N-ethyl adjacent to an activating group) is 1. The van der Waals surface area contributed by atoms with Crippen molar-refractivity contribution in [3.63, 3.8) is 0 Å². The van der Waals surface area contributed by atoms with Gasteiger partial charge in [0.25, 0.3) is 5.91 Å². The molecule has 1 saturated heterocycles. The van der Waals surface area contributed by atoms with Crippen molar-refractivity contribution < 1.29 is 4.79 Å². The highest BCUT2D eigenvalue weighted by Crippen LogP contribution is 2.24. The molecule has 1 aliphatic rings. The molecular formula is C26H30N8O. The predicted molar refractivity (Wildman–Crippen MR) is 140 cm³/mol. The second-order valence-corrected chi connectivity index (χ2v) is 8.81. The number of hydrogen-bond donors (Lipinski definition) is 3. The molecule has 0 unspecified atom stereocenters. The molecule has 4 aromatic rings. The molecule has 180 valence electrons. The van der Waals surface area contributed by atoms with Gasteiger partial charge in [0, 0.05) is 68.4 Å². The van der Waals surface area contributed by atoms with E-state index in [0.717, 1.165) is 61.5 Å². The van der Waals surface area contributed by atoms with E-state index in [1.54, 1.807) is 18.5 Å². The first-order chi connectivity index (χ1) is 17.1. The number of aromatic nitrogens is 3. The third-order valence-corrected chi connectivity index (χ3v) is 6.36. The number of anilines is 3. The summed E-state index contributed by atoms with van der Waals surface area (Å²) in [5, 5.41) is 7.56. The van der Waals surface area contributed by atoms with Crippen LogP contribution >= 0.6 is 0 Å². The molecule has 0 radical (unpaired) electrons. The summed E-state index contributed by atoms with van der Waals surface area (Å²) in [6, 6.07) is 17.5. The highest BCUT2D eigenvalue weighted by molar-refractivity contribution is 6.06. The summed E-state index contributed by atoms with van der Waals surface area (Å²) in [4.78, 5) is 25.8. The summed E-state index contributed by atoms with van der Waals surface area (Å²) in [6.07, 6.45) is 3.42. The van der Waals surface area contributed by atoms with Crippen molar-refractivity contribution >= 4 is 34.1 Å². The Morgan fingerprint density at radius 1 is 1.00 bits per heavy atom. The van der Waals surface area contributed by atoms with Crippen LogP contribution in [0, 0.1) is 0 Å². The maximum Gasteiger partial charge on any atom is 0.250 e. The van der Waals surface area contributed by atoms with E-state index in [0.29, 0.717) is 17.3 Å². The van der Waals surface area contributed by atoms with Gasteiger partial charge in [-0.1, -0.05) is 18.2 Å². The monoisotopic (exact) mass is 470 g/mol. The number of rotatable bonds is 8. The lowest BCUT2D eigenvalue weighted by Gasteiger charge is -2.32. The molecule has 9 nitrogen and oxygen atoms in total. The van der Waals surface area contributed by atoms with Gasteiger partial charge in [-0.2, -0.15) is 4.98 Å². The Hall–Kier alpha value is -3.95. The normalized spacial score (nSPS) is 14.8. The Labute approximate surface area is 204 Å². The van der Waals surface area contributed by atoms with E-state index < -0.39 is 5.91 Å². The van der Waals surface area contributed by atoms with Crippen molar-refractivity contribution in [2.75, 3.05) is 56.9 Å². The summed E-state index contributed by atoms with van der Waals surface area (Å²) in [6.45, 7) is 6.48. The van der Waals surface area contributed by atoms with Crippen LogP contribution in [0.15, 0.2) is 67.0 Å². The predicted octanol–water partition coefficient (Wildman–Crippen LogP) is 2.92. The molecule has 0 saturated carbocycles. The number of benzene rings is 2. The van der Waals surface area contributed by atoms with E-state index >= 15 is 0 Å². The van der Waals surface area contributed by atoms with Crippen LogP contribution in [0.4, 0.5) is 17.3 Å². The minimum Gasteiger partial charge on any atom is -0.384 e. The smallest absolute Gasteiger partial charge is 0.250 e. The number of nitrogens with one attached hydrogen (secondary N) is 2. The van der Waals surface area contributed by atoms with Crippen molar-refractivity contribution in [1.29, 1.82) is 0 Å². The number of fused-ring (bicyclic) bond motifs is 1. The van der Waals surface area contributed by atoms with Crippen molar-refractivity contribution in [1.82, 2.24) is 24.3 Å². The van der Waals surface area contributed by atoms with Crippen molar-refractivity contribution in [2.24, 2.45) is 5.73 Å². The minimum atomic E-state index is -0.468. The van der Waals surface area contributed by atoms with Crippen molar-refractivity contribution in [3.8, 4) is 5.82 Å². The van der Waals surface area contributed by atoms with Gasteiger partial charge in [0.1, 0.15) is 5.82 Å². The molecule has 0 aliphatic carbocycles. The molecule has 1 aliphatic heterocycles. The molecule has 4 N–H and O–H groups in total. The Morgan fingerprint density at radius 3 is 2.51 bits per heavy atom. The fourth-order valence-electron chi connectivity index (χ4n) is 4.34. The molecular weight excluding hydrogens is 440 g/mol. The zero-order valence-electron chi connectivity index (χ0n) is 19.8. The van der Waals surface area contributed by atoms with E-state index in [9.17, 15) is 4.79 Å².